The molecule has 0 bridgehead atoms. The first-order chi connectivity index (χ1) is 13.5. The molecule has 28 heavy (non-hydrogen) atoms. The average Bonchev–Trinajstić information content (AvgIpc) is 3.16. The first-order valence-electron chi connectivity index (χ1n) is 8.31. The molecule has 0 aliphatic carbocycles. The van der Waals surface area contributed by atoms with Gasteiger partial charge in [-0.2, -0.15) is 0 Å². The van der Waals surface area contributed by atoms with E-state index in [-0.39, 0.29) is 12.4 Å². The van der Waals surface area contributed by atoms with Gasteiger partial charge in [0.2, 0.25) is 0 Å². The predicted molar refractivity (Wildman–Crippen MR) is 103 cm³/mol. The van der Waals surface area contributed by atoms with Gasteiger partial charge in [-0.3, -0.25) is 0 Å². The molecule has 3 aromatic rings. The van der Waals surface area contributed by atoms with Gasteiger partial charge in [0.1, 0.15) is 11.5 Å². The highest BCUT2D eigenvalue weighted by Gasteiger charge is 2.15. The molecule has 0 spiro atoms. The van der Waals surface area contributed by atoms with E-state index in [1.54, 1.807) is 44.4 Å². The maximum absolute atomic E-state index is 13.0. The maximum atomic E-state index is 13.0. The number of nitrogens with zero attached hydrogens (tertiary/aromatic N) is 2. The molecule has 0 aliphatic heterocycles. The van der Waals surface area contributed by atoms with E-state index >= 15 is 0 Å². The molecule has 0 saturated heterocycles. The van der Waals surface area contributed by atoms with E-state index in [1.165, 1.54) is 19.2 Å². The van der Waals surface area contributed by atoms with Crippen LogP contribution < -0.4 is 9.47 Å². The van der Waals surface area contributed by atoms with Crippen molar-refractivity contribution in [2.75, 3.05) is 14.2 Å². The number of rotatable bonds is 7. The number of aromatic nitrogens is 1. The van der Waals surface area contributed by atoms with E-state index in [9.17, 15) is 4.39 Å². The van der Waals surface area contributed by atoms with Crippen LogP contribution in [-0.4, -0.2) is 25.1 Å². The third-order valence-corrected chi connectivity index (χ3v) is 4.29. The van der Waals surface area contributed by atoms with Crippen molar-refractivity contribution in [3.05, 3.63) is 64.6 Å². The Bertz CT molecular complexity index is 986. The summed E-state index contributed by atoms with van der Waals surface area (Å²) < 4.78 is 28.8. The number of oxime groups is 1. The minimum Gasteiger partial charge on any atom is -0.493 e. The number of methoxy groups -OCH3 is 2. The van der Waals surface area contributed by atoms with Gasteiger partial charge in [-0.05, 0) is 30.7 Å². The van der Waals surface area contributed by atoms with Crippen LogP contribution in [0.5, 0.6) is 11.5 Å². The highest BCUT2D eigenvalue weighted by molar-refractivity contribution is 6.33. The second kappa shape index (κ2) is 8.75. The van der Waals surface area contributed by atoms with Crippen LogP contribution in [-0.2, 0) is 11.4 Å². The summed E-state index contributed by atoms with van der Waals surface area (Å²) >= 11 is 6.31. The molecule has 8 heteroatoms. The zero-order valence-corrected chi connectivity index (χ0v) is 16.3. The Morgan fingerprint density at radius 1 is 1.11 bits per heavy atom. The Morgan fingerprint density at radius 2 is 1.79 bits per heavy atom. The third kappa shape index (κ3) is 4.43. The predicted octanol–water partition coefficient (Wildman–Crippen LogP) is 5.09. The third-order valence-electron chi connectivity index (χ3n) is 3.98. The van der Waals surface area contributed by atoms with Crippen LogP contribution in [0.3, 0.4) is 0 Å². The summed E-state index contributed by atoms with van der Waals surface area (Å²) in [6.07, 6.45) is 0. The number of hydrogen-bond acceptors (Lipinski definition) is 6. The first kappa shape index (κ1) is 19.7. The molecule has 0 fully saturated rings. The van der Waals surface area contributed by atoms with Crippen molar-refractivity contribution < 1.29 is 23.2 Å². The van der Waals surface area contributed by atoms with E-state index in [0.717, 1.165) is 5.56 Å². The average molecular weight is 405 g/mol. The molecule has 6 nitrogen and oxygen atoms in total. The second-order valence-corrected chi connectivity index (χ2v) is 6.23. The Balaban J connectivity index is 1.71. The Morgan fingerprint density at radius 3 is 2.46 bits per heavy atom. The van der Waals surface area contributed by atoms with E-state index in [0.29, 0.717) is 39.3 Å². The molecule has 0 aliphatic rings. The van der Waals surface area contributed by atoms with E-state index < -0.39 is 0 Å². The molecule has 0 amide bonds. The molecular formula is C20H18ClFN2O4. The zero-order chi connectivity index (χ0) is 20.1. The van der Waals surface area contributed by atoms with Gasteiger partial charge in [-0.25, -0.2) is 4.39 Å². The molecule has 0 radical (unpaired) electrons. The van der Waals surface area contributed by atoms with Gasteiger partial charge >= 0.3 is 0 Å². The minimum atomic E-state index is -0.305. The summed E-state index contributed by atoms with van der Waals surface area (Å²) in [5.74, 6) is 1.22. The zero-order valence-electron chi connectivity index (χ0n) is 15.5. The highest BCUT2D eigenvalue weighted by Crippen LogP contribution is 2.38. The van der Waals surface area contributed by atoms with E-state index in [1.807, 2.05) is 0 Å². The smallest absolute Gasteiger partial charge is 0.177 e. The summed E-state index contributed by atoms with van der Waals surface area (Å²) in [7, 11) is 3.08. The lowest BCUT2D eigenvalue weighted by atomic mass is 10.1. The van der Waals surface area contributed by atoms with Crippen LogP contribution in [0.1, 0.15) is 18.2 Å². The molecule has 0 unspecified atom stereocenters. The minimum absolute atomic E-state index is 0.0798. The summed E-state index contributed by atoms with van der Waals surface area (Å²) in [4.78, 5) is 5.31. The Hall–Kier alpha value is -3.06. The Labute approximate surface area is 166 Å². The van der Waals surface area contributed by atoms with Crippen molar-refractivity contribution >= 4 is 17.3 Å². The van der Waals surface area contributed by atoms with Crippen molar-refractivity contribution in [2.24, 2.45) is 5.16 Å². The monoisotopic (exact) mass is 404 g/mol. The number of ether oxygens (including phenoxy) is 2. The maximum Gasteiger partial charge on any atom is 0.177 e. The highest BCUT2D eigenvalue weighted by atomic mass is 35.5. The van der Waals surface area contributed by atoms with E-state index in [4.69, 9.17) is 30.4 Å². The fraction of sp³-hybridized carbons (Fsp3) is 0.200. The largest absolute Gasteiger partial charge is 0.493 e. The van der Waals surface area contributed by atoms with Crippen LogP contribution in [0.4, 0.5) is 4.39 Å². The topological polar surface area (TPSA) is 66.1 Å². The lowest BCUT2D eigenvalue weighted by molar-refractivity contribution is 0.109. The molecule has 2 aromatic carbocycles. The SMILES string of the molecule is COc1cc(Cl)c(-c2cc(CO/N=C(\C)c3ccc(F)cc3)on2)cc1OC. The standard InChI is InChI=1S/C20H18ClFN2O4/c1-12(13-4-6-14(22)7-5-13)23-27-11-15-8-18(24-28-15)16-9-19(25-2)20(26-3)10-17(16)21/h4-10H,11H2,1-3H3/b23-12+. The lowest BCUT2D eigenvalue weighted by Gasteiger charge is -2.10. The molecule has 0 saturated carbocycles. The fourth-order valence-corrected chi connectivity index (χ4v) is 2.75. The summed E-state index contributed by atoms with van der Waals surface area (Å²) in [5.41, 5.74) is 2.54. The molecule has 1 aromatic heterocycles. The number of benzene rings is 2. The molecule has 146 valence electrons. The van der Waals surface area contributed by atoms with E-state index in [2.05, 4.69) is 10.3 Å². The molecule has 1 heterocycles. The lowest BCUT2D eigenvalue weighted by Crippen LogP contribution is -1.96. The Kier molecular flexibility index (Phi) is 6.16. The summed E-state index contributed by atoms with van der Waals surface area (Å²) in [5, 5.41) is 8.48. The number of halogens is 2. The molecular weight excluding hydrogens is 387 g/mol. The van der Waals surface area contributed by atoms with Crippen molar-refractivity contribution in [1.29, 1.82) is 0 Å². The normalized spacial score (nSPS) is 11.4. The van der Waals surface area contributed by atoms with Crippen LogP contribution in [0.15, 0.2) is 52.1 Å². The van der Waals surface area contributed by atoms with Crippen molar-refractivity contribution in [3.8, 4) is 22.8 Å². The van der Waals surface area contributed by atoms with Gasteiger partial charge in [-0.15, -0.1) is 0 Å². The van der Waals surface area contributed by atoms with Gasteiger partial charge in [0.25, 0.3) is 0 Å². The van der Waals surface area contributed by atoms with Gasteiger partial charge in [-0.1, -0.05) is 34.0 Å². The van der Waals surface area contributed by atoms with Crippen LogP contribution >= 0.6 is 11.6 Å². The van der Waals surface area contributed by atoms with Crippen molar-refractivity contribution in [1.82, 2.24) is 5.16 Å². The molecule has 0 N–H and O–H groups in total. The van der Waals surface area contributed by atoms with Crippen LogP contribution in [0.2, 0.25) is 5.02 Å². The van der Waals surface area contributed by atoms with Gasteiger partial charge in [0, 0.05) is 17.7 Å². The van der Waals surface area contributed by atoms with Crippen molar-refractivity contribution in [3.63, 3.8) is 0 Å². The van der Waals surface area contributed by atoms with Gasteiger partial charge in [0.05, 0.1) is 25.0 Å². The second-order valence-electron chi connectivity index (χ2n) is 5.82. The van der Waals surface area contributed by atoms with Gasteiger partial charge in [0.15, 0.2) is 23.9 Å². The van der Waals surface area contributed by atoms with Crippen molar-refractivity contribution in [2.45, 2.75) is 13.5 Å². The summed E-state index contributed by atoms with van der Waals surface area (Å²) in [6, 6.07) is 11.1. The van der Waals surface area contributed by atoms with Crippen LogP contribution in [0.25, 0.3) is 11.3 Å². The molecule has 0 atom stereocenters. The fourth-order valence-electron chi connectivity index (χ4n) is 2.49. The van der Waals surface area contributed by atoms with Gasteiger partial charge < -0.3 is 18.8 Å². The summed E-state index contributed by atoms with van der Waals surface area (Å²) in [6.45, 7) is 1.85. The molecule has 3 rings (SSSR count). The van der Waals surface area contributed by atoms with Crippen LogP contribution in [0, 0.1) is 5.82 Å². The number of hydrogen-bond donors (Lipinski definition) is 0. The quantitative estimate of drug-likeness (QED) is 0.405. The first-order valence-corrected chi connectivity index (χ1v) is 8.69.